The van der Waals surface area contributed by atoms with Crippen molar-refractivity contribution >= 4 is 35.7 Å². The Morgan fingerprint density at radius 3 is 2.26 bits per heavy atom. The third-order valence-corrected chi connectivity index (χ3v) is 9.72. The molecule has 0 bridgehead atoms. The van der Waals surface area contributed by atoms with E-state index in [0.717, 1.165) is 19.8 Å². The minimum absolute atomic E-state index is 0. The number of carbonyl (C=O) groups excluding carboxylic acids is 4. The first-order valence-electron chi connectivity index (χ1n) is 17.6. The number of phenols is 2. The van der Waals surface area contributed by atoms with Crippen molar-refractivity contribution in [2.75, 3.05) is 20.0 Å². The van der Waals surface area contributed by atoms with Crippen molar-refractivity contribution in [2.45, 2.75) is 115 Å². The van der Waals surface area contributed by atoms with Gasteiger partial charge < -0.3 is 54.6 Å². The highest BCUT2D eigenvalue weighted by atomic mass is 35.5. The molecule has 1 fully saturated rings. The summed E-state index contributed by atoms with van der Waals surface area (Å²) >= 11 is 0. The highest BCUT2D eigenvalue weighted by Crippen LogP contribution is 2.52. The van der Waals surface area contributed by atoms with Crippen molar-refractivity contribution in [3.8, 4) is 17.2 Å². The monoisotopic (exact) mass is 765 g/mol. The number of esters is 1. The number of aliphatic hydroxyl groups is 2. The number of aromatic hydroxyl groups is 2. The second-order valence-corrected chi connectivity index (χ2v) is 13.4. The number of aliphatic hydroxyl groups excluding tert-OH is 1. The van der Waals surface area contributed by atoms with E-state index in [1.54, 1.807) is 6.92 Å². The first-order valence-corrected chi connectivity index (χ1v) is 17.6. The summed E-state index contributed by atoms with van der Waals surface area (Å²) in [4.78, 5) is 53.7. The number of halogens is 1. The topological polar surface area (TPSA) is 231 Å². The Balaban J connectivity index is 0.00000627. The lowest BCUT2D eigenvalue weighted by Crippen LogP contribution is -2.52. The minimum atomic E-state index is -2.07. The number of Topliss-reactive ketones (excluding diaryl/α,β-unsaturated/α-hetero) is 1. The molecular formula is C37H48ClNO14. The van der Waals surface area contributed by atoms with Crippen molar-refractivity contribution in [2.24, 2.45) is 5.73 Å². The molecule has 5 rings (SSSR count). The van der Waals surface area contributed by atoms with E-state index < -0.39 is 108 Å². The molecule has 2 aromatic carbocycles. The van der Waals surface area contributed by atoms with Gasteiger partial charge in [-0.05, 0) is 32.8 Å². The zero-order chi connectivity index (χ0) is 37.9. The number of carbonyl (C=O) groups is 4. The second kappa shape index (κ2) is 17.6. The van der Waals surface area contributed by atoms with Crippen molar-refractivity contribution in [3.63, 3.8) is 0 Å². The summed E-state index contributed by atoms with van der Waals surface area (Å²) in [6, 6.07) is 3.40. The van der Waals surface area contributed by atoms with Crippen molar-refractivity contribution < 1.29 is 68.0 Å². The summed E-state index contributed by atoms with van der Waals surface area (Å²) in [6.45, 7) is 6.56. The highest BCUT2D eigenvalue weighted by Gasteiger charge is 2.49. The largest absolute Gasteiger partial charge is 0.507 e. The number of hydrogen-bond acceptors (Lipinski definition) is 15. The normalized spacial score (nSPS) is 24.9. The Bertz CT molecular complexity index is 1680. The highest BCUT2D eigenvalue weighted by molar-refractivity contribution is 6.31. The number of benzene rings is 2. The number of ketones is 3. The summed E-state index contributed by atoms with van der Waals surface area (Å²) in [5.74, 6) is -4.77. The summed E-state index contributed by atoms with van der Waals surface area (Å²) in [7, 11) is 0. The molecule has 3 aliphatic rings. The smallest absolute Gasteiger partial charge is 0.366 e. The molecule has 6 atom stereocenters. The molecule has 1 aliphatic heterocycles. The van der Waals surface area contributed by atoms with E-state index in [0.29, 0.717) is 12.8 Å². The molecule has 16 heteroatoms. The zero-order valence-electron chi connectivity index (χ0n) is 30.1. The lowest BCUT2D eigenvalue weighted by molar-refractivity contribution is -0.247. The first-order chi connectivity index (χ1) is 24.7. The lowest BCUT2D eigenvalue weighted by Gasteiger charge is -2.42. The quantitative estimate of drug-likeness (QED) is 0.0647. The summed E-state index contributed by atoms with van der Waals surface area (Å²) in [5.41, 5.74) is 2.26. The Hall–Kier alpha value is -3.67. The number of nitrogens with two attached hydrogens (primary N) is 1. The van der Waals surface area contributed by atoms with Crippen LogP contribution in [0.1, 0.15) is 115 Å². The van der Waals surface area contributed by atoms with Crippen LogP contribution in [0.15, 0.2) is 18.2 Å². The van der Waals surface area contributed by atoms with Crippen LogP contribution in [0.5, 0.6) is 17.2 Å². The SMILES string of the molecule is CCCCOC(OCCCC)C(=O)OCOc1cccc2c1C(=O)c1c(O)c3c(c(O)c1C2=O)C[C@@](O)(C(C)=O)C[C@@H]3OC1CC(N)C(O)C(C)O1.Cl. The van der Waals surface area contributed by atoms with Gasteiger partial charge in [0.15, 0.2) is 17.9 Å². The van der Waals surface area contributed by atoms with Crippen LogP contribution in [0.3, 0.4) is 0 Å². The minimum Gasteiger partial charge on any atom is -0.507 e. The van der Waals surface area contributed by atoms with E-state index in [9.17, 15) is 39.6 Å². The van der Waals surface area contributed by atoms with Gasteiger partial charge in [-0.3, -0.25) is 14.4 Å². The van der Waals surface area contributed by atoms with Gasteiger partial charge in [-0.15, -0.1) is 12.4 Å². The first kappa shape index (κ1) is 42.1. The predicted molar refractivity (Wildman–Crippen MR) is 188 cm³/mol. The molecule has 2 aromatic rings. The molecule has 2 aliphatic carbocycles. The number of unbranched alkanes of at least 4 members (excludes halogenated alkanes) is 2. The maximum atomic E-state index is 14.2. The molecule has 0 spiro atoms. The van der Waals surface area contributed by atoms with E-state index in [-0.39, 0.29) is 60.0 Å². The molecule has 4 unspecified atom stereocenters. The Morgan fingerprint density at radius 1 is 1.02 bits per heavy atom. The Morgan fingerprint density at radius 2 is 1.66 bits per heavy atom. The van der Waals surface area contributed by atoms with Crippen molar-refractivity contribution in [1.29, 1.82) is 0 Å². The number of ether oxygens (including phenoxy) is 6. The fourth-order valence-electron chi connectivity index (χ4n) is 6.68. The summed E-state index contributed by atoms with van der Waals surface area (Å²) in [6.07, 6.45) is -3.18. The van der Waals surface area contributed by atoms with E-state index >= 15 is 0 Å². The van der Waals surface area contributed by atoms with Gasteiger partial charge in [0.1, 0.15) is 22.8 Å². The molecule has 6 N–H and O–H groups in total. The van der Waals surface area contributed by atoms with Crippen LogP contribution in [0.25, 0.3) is 0 Å². The van der Waals surface area contributed by atoms with Gasteiger partial charge in [-0.25, -0.2) is 4.79 Å². The molecular weight excluding hydrogens is 718 g/mol. The third-order valence-electron chi connectivity index (χ3n) is 9.72. The van der Waals surface area contributed by atoms with Gasteiger partial charge >= 0.3 is 5.97 Å². The number of rotatable bonds is 15. The number of fused-ring (bicyclic) bond motifs is 3. The fraction of sp³-hybridized carbons (Fsp3) is 0.568. The molecule has 0 amide bonds. The van der Waals surface area contributed by atoms with E-state index in [2.05, 4.69) is 0 Å². The molecule has 1 heterocycles. The van der Waals surface area contributed by atoms with E-state index in [1.165, 1.54) is 18.2 Å². The summed E-state index contributed by atoms with van der Waals surface area (Å²) < 4.78 is 33.9. The van der Waals surface area contributed by atoms with Gasteiger partial charge in [0.05, 0.1) is 48.2 Å². The fourth-order valence-corrected chi connectivity index (χ4v) is 6.68. The maximum absolute atomic E-state index is 14.2. The summed E-state index contributed by atoms with van der Waals surface area (Å²) in [5, 5.41) is 45.0. The second-order valence-electron chi connectivity index (χ2n) is 13.4. The number of hydrogen-bond donors (Lipinski definition) is 5. The molecule has 15 nitrogen and oxygen atoms in total. The van der Waals surface area contributed by atoms with Gasteiger partial charge in [0.25, 0.3) is 6.29 Å². The van der Waals surface area contributed by atoms with E-state index in [1.807, 2.05) is 13.8 Å². The van der Waals surface area contributed by atoms with Crippen molar-refractivity contribution in [1.82, 2.24) is 0 Å². The third kappa shape index (κ3) is 8.52. The Labute approximate surface area is 313 Å². The average Bonchev–Trinajstić information content (AvgIpc) is 3.10. The van der Waals surface area contributed by atoms with Gasteiger partial charge in [0.2, 0.25) is 12.6 Å². The molecule has 0 aromatic heterocycles. The molecule has 53 heavy (non-hydrogen) atoms. The van der Waals surface area contributed by atoms with Crippen LogP contribution in [-0.4, -0.2) is 100 Å². The van der Waals surface area contributed by atoms with Gasteiger partial charge in [0, 0.05) is 42.0 Å². The van der Waals surface area contributed by atoms with Gasteiger partial charge in [-0.2, -0.15) is 0 Å². The maximum Gasteiger partial charge on any atom is 0.366 e. The molecule has 292 valence electrons. The van der Waals surface area contributed by atoms with Crippen LogP contribution in [0.4, 0.5) is 0 Å². The Kier molecular flexibility index (Phi) is 14.0. The molecule has 1 saturated heterocycles. The van der Waals surface area contributed by atoms with Crippen LogP contribution in [-0.2, 0) is 39.7 Å². The van der Waals surface area contributed by atoms with Gasteiger partial charge in [-0.1, -0.05) is 38.8 Å². The number of phenolic OH excluding ortho intramolecular Hbond substituents is 2. The van der Waals surface area contributed by atoms with Crippen molar-refractivity contribution in [3.05, 3.63) is 51.6 Å². The molecule has 0 saturated carbocycles. The lowest BCUT2D eigenvalue weighted by atomic mass is 9.72. The van der Waals surface area contributed by atoms with Crippen LogP contribution in [0.2, 0.25) is 0 Å². The average molecular weight is 766 g/mol. The zero-order valence-corrected chi connectivity index (χ0v) is 30.9. The predicted octanol–water partition coefficient (Wildman–Crippen LogP) is 3.28. The van der Waals surface area contributed by atoms with Crippen LogP contribution >= 0.6 is 12.4 Å². The van der Waals surface area contributed by atoms with Crippen LogP contribution < -0.4 is 10.5 Å². The van der Waals surface area contributed by atoms with Crippen LogP contribution in [0, 0.1) is 0 Å². The standard InChI is InChI=1S/C37H47NO14.ClH/c1-5-7-12-47-36(48-13-8-6-2)35(45)50-17-49-23-11-9-10-20-26(23)33(43)29-28(31(20)41)32(42)21-15-37(46,19(4)39)16-24(27(21)34(29)44)52-25-14-22(38)30(40)18(3)51-25;/h9-11,18,22,24-25,30,36,40,42,44,46H,5-8,12-17,38H2,1-4H3;1H/t18?,22?,24-,25?,30?,37-;/m0./s1. The molecule has 0 radical (unpaired) electrons. The van der Waals surface area contributed by atoms with E-state index in [4.69, 9.17) is 34.2 Å².